The van der Waals surface area contributed by atoms with Gasteiger partial charge in [0.2, 0.25) is 5.91 Å². The van der Waals surface area contributed by atoms with Crippen molar-refractivity contribution in [2.75, 3.05) is 12.8 Å². The molecule has 0 saturated carbocycles. The summed E-state index contributed by atoms with van der Waals surface area (Å²) in [7, 11) is 1.76. The highest BCUT2D eigenvalue weighted by molar-refractivity contribution is 5.85. The van der Waals surface area contributed by atoms with Crippen molar-refractivity contribution >= 4 is 24.0 Å². The summed E-state index contributed by atoms with van der Waals surface area (Å²) in [4.78, 5) is 13.7. The Bertz CT molecular complexity index is 598. The van der Waals surface area contributed by atoms with Crippen LogP contribution < -0.4 is 5.73 Å². The monoisotopic (exact) mass is 309 g/mol. The van der Waals surface area contributed by atoms with Crippen LogP contribution in [-0.4, -0.2) is 23.0 Å². The number of halogens is 1. The second-order valence-electron chi connectivity index (χ2n) is 4.88. The van der Waals surface area contributed by atoms with Crippen molar-refractivity contribution in [3.8, 4) is 0 Å². The summed E-state index contributed by atoms with van der Waals surface area (Å²) in [5, 5.41) is 3.88. The topological polar surface area (TPSA) is 72.4 Å². The lowest BCUT2D eigenvalue weighted by Gasteiger charge is -2.15. The van der Waals surface area contributed by atoms with Gasteiger partial charge in [0, 0.05) is 25.2 Å². The van der Waals surface area contributed by atoms with Crippen molar-refractivity contribution in [2.45, 2.75) is 26.3 Å². The Hall–Kier alpha value is -2.01. The number of amides is 1. The van der Waals surface area contributed by atoms with Crippen LogP contribution >= 0.6 is 12.4 Å². The highest BCUT2D eigenvalue weighted by Gasteiger charge is 2.12. The largest absolute Gasteiger partial charge is 0.399 e. The average Bonchev–Trinajstić information content (AvgIpc) is 2.82. The Labute approximate surface area is 130 Å². The zero-order valence-electron chi connectivity index (χ0n) is 12.2. The quantitative estimate of drug-likeness (QED) is 0.862. The zero-order valence-corrected chi connectivity index (χ0v) is 13.0. The number of nitrogens with two attached hydrogens (primary N) is 1. The summed E-state index contributed by atoms with van der Waals surface area (Å²) in [5.74, 6) is 0.812. The van der Waals surface area contributed by atoms with E-state index < -0.39 is 0 Å². The van der Waals surface area contributed by atoms with Gasteiger partial charge in [-0.2, -0.15) is 0 Å². The Kier molecular flexibility index (Phi) is 6.24. The van der Waals surface area contributed by atoms with Crippen molar-refractivity contribution in [3.63, 3.8) is 0 Å². The van der Waals surface area contributed by atoms with Crippen LogP contribution in [0.2, 0.25) is 0 Å². The van der Waals surface area contributed by atoms with Crippen molar-refractivity contribution in [3.05, 3.63) is 47.3 Å². The number of nitrogens with zero attached hydrogens (tertiary/aromatic N) is 2. The maximum Gasteiger partial charge on any atom is 0.222 e. The highest BCUT2D eigenvalue weighted by atomic mass is 35.5. The van der Waals surface area contributed by atoms with Crippen LogP contribution in [0.1, 0.15) is 23.4 Å². The molecule has 2 aromatic rings. The summed E-state index contributed by atoms with van der Waals surface area (Å²) in [5.41, 5.74) is 8.36. The molecule has 1 amide bonds. The van der Waals surface area contributed by atoms with Crippen LogP contribution in [0.4, 0.5) is 5.69 Å². The SMILES string of the molecule is Cc1cc(CN(C)C(=O)CCc2ccccc2N)no1.Cl. The fourth-order valence-electron chi connectivity index (χ4n) is 2.02. The van der Waals surface area contributed by atoms with Crippen LogP contribution in [0.3, 0.4) is 0 Å². The Morgan fingerprint density at radius 1 is 1.38 bits per heavy atom. The van der Waals surface area contributed by atoms with E-state index in [2.05, 4.69) is 5.16 Å². The molecule has 0 saturated heterocycles. The van der Waals surface area contributed by atoms with E-state index in [1.54, 1.807) is 11.9 Å². The number of carbonyl (C=O) groups is 1. The molecule has 2 N–H and O–H groups in total. The minimum Gasteiger partial charge on any atom is -0.399 e. The predicted molar refractivity (Wildman–Crippen MR) is 84.1 cm³/mol. The maximum atomic E-state index is 12.1. The third kappa shape index (κ3) is 4.79. The van der Waals surface area contributed by atoms with Gasteiger partial charge in [0.25, 0.3) is 0 Å². The number of anilines is 1. The first-order valence-electron chi connectivity index (χ1n) is 6.56. The second-order valence-corrected chi connectivity index (χ2v) is 4.88. The molecular weight excluding hydrogens is 290 g/mol. The molecule has 0 fully saturated rings. The van der Waals surface area contributed by atoms with E-state index >= 15 is 0 Å². The van der Waals surface area contributed by atoms with Crippen LogP contribution in [-0.2, 0) is 17.8 Å². The fourth-order valence-corrected chi connectivity index (χ4v) is 2.02. The smallest absolute Gasteiger partial charge is 0.222 e. The summed E-state index contributed by atoms with van der Waals surface area (Å²) >= 11 is 0. The number of para-hydroxylation sites is 1. The molecule has 0 atom stereocenters. The molecule has 0 unspecified atom stereocenters. The molecule has 1 heterocycles. The van der Waals surface area contributed by atoms with E-state index in [1.807, 2.05) is 37.3 Å². The minimum absolute atomic E-state index is 0. The number of hydrogen-bond acceptors (Lipinski definition) is 4. The third-order valence-corrected chi connectivity index (χ3v) is 3.16. The van der Waals surface area contributed by atoms with Crippen molar-refractivity contribution in [1.82, 2.24) is 10.1 Å². The van der Waals surface area contributed by atoms with E-state index in [4.69, 9.17) is 10.3 Å². The molecule has 0 aliphatic heterocycles. The van der Waals surface area contributed by atoms with Crippen molar-refractivity contribution < 1.29 is 9.32 Å². The molecule has 2 rings (SSSR count). The summed E-state index contributed by atoms with van der Waals surface area (Å²) in [6, 6.07) is 9.45. The molecule has 1 aromatic carbocycles. The lowest BCUT2D eigenvalue weighted by Crippen LogP contribution is -2.26. The number of aromatic nitrogens is 1. The predicted octanol–water partition coefficient (Wildman–Crippen LogP) is 2.58. The standard InChI is InChI=1S/C15H19N3O2.ClH/c1-11-9-13(17-20-11)10-18(2)15(19)8-7-12-5-3-4-6-14(12)16;/h3-6,9H,7-8,10,16H2,1-2H3;1H. The van der Waals surface area contributed by atoms with Crippen LogP contribution in [0.5, 0.6) is 0 Å². The van der Waals surface area contributed by atoms with Crippen LogP contribution in [0.25, 0.3) is 0 Å². The highest BCUT2D eigenvalue weighted by Crippen LogP contribution is 2.13. The molecule has 114 valence electrons. The van der Waals surface area contributed by atoms with Gasteiger partial charge in [0.15, 0.2) is 0 Å². The Morgan fingerprint density at radius 2 is 2.10 bits per heavy atom. The number of aryl methyl sites for hydroxylation is 2. The van der Waals surface area contributed by atoms with Crippen molar-refractivity contribution in [2.24, 2.45) is 0 Å². The van der Waals surface area contributed by atoms with Gasteiger partial charge in [-0.25, -0.2) is 0 Å². The number of carbonyl (C=O) groups excluding carboxylic acids is 1. The first-order chi connectivity index (χ1) is 9.56. The summed E-state index contributed by atoms with van der Waals surface area (Å²) < 4.78 is 4.99. The molecule has 5 nitrogen and oxygen atoms in total. The van der Waals surface area contributed by atoms with E-state index in [-0.39, 0.29) is 18.3 Å². The number of rotatable bonds is 5. The average molecular weight is 310 g/mol. The van der Waals surface area contributed by atoms with Gasteiger partial charge in [-0.3, -0.25) is 4.79 Å². The molecule has 21 heavy (non-hydrogen) atoms. The van der Waals surface area contributed by atoms with Crippen molar-refractivity contribution in [1.29, 1.82) is 0 Å². The first kappa shape index (κ1) is 17.0. The molecule has 0 radical (unpaired) electrons. The van der Waals surface area contributed by atoms with Crippen LogP contribution in [0, 0.1) is 6.92 Å². The molecule has 1 aromatic heterocycles. The third-order valence-electron chi connectivity index (χ3n) is 3.16. The van der Waals surface area contributed by atoms with Gasteiger partial charge in [0.05, 0.1) is 6.54 Å². The normalized spacial score (nSPS) is 10.0. The lowest BCUT2D eigenvalue weighted by atomic mass is 10.1. The lowest BCUT2D eigenvalue weighted by molar-refractivity contribution is -0.130. The molecule has 0 bridgehead atoms. The fraction of sp³-hybridized carbons (Fsp3) is 0.333. The van der Waals surface area contributed by atoms with Gasteiger partial charge in [-0.15, -0.1) is 12.4 Å². The molecule has 0 aliphatic carbocycles. The Morgan fingerprint density at radius 3 is 2.71 bits per heavy atom. The molecule has 6 heteroatoms. The Balaban J connectivity index is 0.00000220. The number of nitrogen functional groups attached to an aromatic ring is 1. The van der Waals surface area contributed by atoms with E-state index in [1.165, 1.54) is 0 Å². The number of benzene rings is 1. The van der Waals surface area contributed by atoms with Crippen LogP contribution in [0.15, 0.2) is 34.9 Å². The summed E-state index contributed by atoms with van der Waals surface area (Å²) in [6.07, 6.45) is 1.08. The van der Waals surface area contributed by atoms with E-state index in [0.29, 0.717) is 19.4 Å². The minimum atomic E-state index is 0. The van der Waals surface area contributed by atoms with Gasteiger partial charge >= 0.3 is 0 Å². The number of hydrogen-bond donors (Lipinski definition) is 1. The van der Waals surface area contributed by atoms with Gasteiger partial charge in [-0.05, 0) is 25.0 Å². The van der Waals surface area contributed by atoms with Gasteiger partial charge in [-0.1, -0.05) is 23.4 Å². The molecule has 0 aliphatic rings. The van der Waals surface area contributed by atoms with E-state index in [0.717, 1.165) is 22.7 Å². The van der Waals surface area contributed by atoms with E-state index in [9.17, 15) is 4.79 Å². The maximum absolute atomic E-state index is 12.1. The summed E-state index contributed by atoms with van der Waals surface area (Å²) in [6.45, 7) is 2.29. The van der Waals surface area contributed by atoms with Gasteiger partial charge in [0.1, 0.15) is 11.5 Å². The first-order valence-corrected chi connectivity index (χ1v) is 6.56. The molecular formula is C15H20ClN3O2. The zero-order chi connectivity index (χ0) is 14.5. The molecule has 0 spiro atoms. The second kappa shape index (κ2) is 7.69. The van der Waals surface area contributed by atoms with Gasteiger partial charge < -0.3 is 15.2 Å².